The molecule has 0 aliphatic heterocycles. The Morgan fingerprint density at radius 3 is 2.31 bits per heavy atom. The van der Waals surface area contributed by atoms with E-state index in [0.717, 1.165) is 11.6 Å². The largest absolute Gasteiger partial charge is 0.433 e. The number of benzene rings is 2. The van der Waals surface area contributed by atoms with Crippen molar-refractivity contribution < 1.29 is 22.8 Å². The van der Waals surface area contributed by atoms with Gasteiger partial charge in [-0.25, -0.2) is 4.98 Å². The van der Waals surface area contributed by atoms with Crippen molar-refractivity contribution in [2.75, 3.05) is 18.4 Å². The number of alkyl halides is 3. The highest BCUT2D eigenvalue weighted by atomic mass is 79.9. The summed E-state index contributed by atoms with van der Waals surface area (Å²) < 4.78 is 42.8. The quantitative estimate of drug-likeness (QED) is 0.258. The zero-order valence-electron chi connectivity index (χ0n) is 21.9. The fourth-order valence-corrected chi connectivity index (χ4v) is 4.72. The third-order valence-corrected chi connectivity index (χ3v) is 7.00. The molecule has 1 N–H and O–H groups in total. The molecule has 2 aromatic heterocycles. The number of pyridine rings is 1. The number of carbonyl (C=O) groups excluding carboxylic acids is 2. The van der Waals surface area contributed by atoms with Gasteiger partial charge in [0.05, 0.1) is 34.7 Å². The van der Waals surface area contributed by atoms with Gasteiger partial charge in [0, 0.05) is 28.5 Å². The summed E-state index contributed by atoms with van der Waals surface area (Å²) in [5, 5.41) is 7.57. The van der Waals surface area contributed by atoms with Gasteiger partial charge in [0.1, 0.15) is 5.69 Å². The molecule has 0 saturated carbocycles. The number of carbonyl (C=O) groups is 2. The van der Waals surface area contributed by atoms with Crippen LogP contribution in [-0.2, 0) is 12.7 Å². The molecule has 0 unspecified atom stereocenters. The Hall–Kier alpha value is -3.73. The van der Waals surface area contributed by atoms with E-state index in [2.05, 4.69) is 31.3 Å². The van der Waals surface area contributed by atoms with Gasteiger partial charge in [-0.15, -0.1) is 0 Å². The van der Waals surface area contributed by atoms with Gasteiger partial charge in [-0.3, -0.25) is 14.3 Å². The summed E-state index contributed by atoms with van der Waals surface area (Å²) in [4.78, 5) is 31.3. The Bertz CT molecular complexity index is 1540. The number of aromatic nitrogens is 3. The number of amides is 2. The Labute approximate surface area is 232 Å². The van der Waals surface area contributed by atoms with E-state index in [-0.39, 0.29) is 22.4 Å². The van der Waals surface area contributed by atoms with Crippen LogP contribution in [0.2, 0.25) is 0 Å². The summed E-state index contributed by atoms with van der Waals surface area (Å²) in [5.41, 5.74) is 1.84. The van der Waals surface area contributed by atoms with Crippen molar-refractivity contribution in [3.63, 3.8) is 0 Å². The van der Waals surface area contributed by atoms with Crippen LogP contribution in [-0.4, -0.2) is 44.6 Å². The summed E-state index contributed by atoms with van der Waals surface area (Å²) in [7, 11) is 0. The molecular weight excluding hydrogens is 575 g/mol. The standard InChI is InChI=1S/C28H27BrF3N5O2/c1-5-36(6-2)27(39)19-9-7-18(8-10-19)15-37-17(4)25(16(3)35-37)34-26(38)22-14-24(28(30,31)32)33-23-12-11-20(29)13-21(22)23/h7-14H,5-6,15H2,1-4H3,(H,34,38). The second-order valence-corrected chi connectivity index (χ2v) is 9.96. The molecule has 11 heteroatoms. The van der Waals surface area contributed by atoms with Gasteiger partial charge < -0.3 is 10.2 Å². The van der Waals surface area contributed by atoms with Gasteiger partial charge in [0.2, 0.25) is 0 Å². The molecule has 2 heterocycles. The van der Waals surface area contributed by atoms with Crippen molar-refractivity contribution >= 4 is 44.3 Å². The molecule has 0 aliphatic rings. The lowest BCUT2D eigenvalue weighted by Crippen LogP contribution is -2.30. The van der Waals surface area contributed by atoms with E-state index >= 15 is 0 Å². The van der Waals surface area contributed by atoms with Crippen LogP contribution < -0.4 is 5.32 Å². The van der Waals surface area contributed by atoms with E-state index in [1.807, 2.05) is 26.0 Å². The minimum Gasteiger partial charge on any atom is -0.339 e. The number of rotatable bonds is 7. The number of hydrogen-bond donors (Lipinski definition) is 1. The van der Waals surface area contributed by atoms with E-state index in [1.54, 1.807) is 47.7 Å². The smallest absolute Gasteiger partial charge is 0.339 e. The summed E-state index contributed by atoms with van der Waals surface area (Å²) in [6.07, 6.45) is -4.71. The lowest BCUT2D eigenvalue weighted by molar-refractivity contribution is -0.141. The molecule has 4 rings (SSSR count). The lowest BCUT2D eigenvalue weighted by Gasteiger charge is -2.18. The first-order chi connectivity index (χ1) is 18.4. The molecule has 0 fully saturated rings. The molecular formula is C28H27BrF3N5O2. The van der Waals surface area contributed by atoms with Crippen LogP contribution in [0.4, 0.5) is 18.9 Å². The summed E-state index contributed by atoms with van der Waals surface area (Å²) in [5.74, 6) is -0.733. The average Bonchev–Trinajstić information content (AvgIpc) is 3.15. The second kappa shape index (κ2) is 11.2. The maximum atomic E-state index is 13.5. The third kappa shape index (κ3) is 5.98. The molecule has 204 valence electrons. The third-order valence-electron chi connectivity index (χ3n) is 6.51. The zero-order chi connectivity index (χ0) is 28.5. The normalized spacial score (nSPS) is 11.6. The maximum absolute atomic E-state index is 13.5. The first kappa shape index (κ1) is 28.3. The van der Waals surface area contributed by atoms with Crippen LogP contribution >= 0.6 is 15.9 Å². The van der Waals surface area contributed by atoms with Crippen LogP contribution in [0.5, 0.6) is 0 Å². The van der Waals surface area contributed by atoms with Crippen molar-refractivity contribution in [3.05, 3.63) is 86.8 Å². The molecule has 0 aliphatic carbocycles. The predicted molar refractivity (Wildman–Crippen MR) is 147 cm³/mol. The maximum Gasteiger partial charge on any atom is 0.433 e. The number of nitrogens with zero attached hydrogens (tertiary/aromatic N) is 4. The minimum absolute atomic E-state index is 0.0352. The molecule has 0 spiro atoms. The van der Waals surface area contributed by atoms with Crippen LogP contribution in [0, 0.1) is 13.8 Å². The predicted octanol–water partition coefficient (Wildman–Crippen LogP) is 6.61. The zero-order valence-corrected chi connectivity index (χ0v) is 23.4. The number of anilines is 1. The van der Waals surface area contributed by atoms with E-state index in [9.17, 15) is 22.8 Å². The Morgan fingerprint density at radius 2 is 1.69 bits per heavy atom. The van der Waals surface area contributed by atoms with Gasteiger partial charge in [-0.2, -0.15) is 18.3 Å². The SMILES string of the molecule is CCN(CC)C(=O)c1ccc(Cn2nc(C)c(NC(=O)c3cc(C(F)(F)F)nc4ccc(Br)cc34)c2C)cc1. The number of hydrogen-bond acceptors (Lipinski definition) is 4. The highest BCUT2D eigenvalue weighted by Gasteiger charge is 2.34. The molecule has 2 amide bonds. The lowest BCUT2D eigenvalue weighted by atomic mass is 10.1. The van der Waals surface area contributed by atoms with Crippen LogP contribution in [0.25, 0.3) is 10.9 Å². The number of aryl methyl sites for hydroxylation is 1. The van der Waals surface area contributed by atoms with Crippen molar-refractivity contribution in [2.24, 2.45) is 0 Å². The van der Waals surface area contributed by atoms with Gasteiger partial charge in [-0.1, -0.05) is 28.1 Å². The summed E-state index contributed by atoms with van der Waals surface area (Å²) in [6.45, 7) is 8.98. The molecule has 0 saturated heterocycles. The molecule has 0 atom stereocenters. The number of fused-ring (bicyclic) bond motifs is 1. The molecule has 39 heavy (non-hydrogen) atoms. The van der Waals surface area contributed by atoms with E-state index < -0.39 is 17.8 Å². The van der Waals surface area contributed by atoms with E-state index in [1.165, 1.54) is 6.07 Å². The fraction of sp³-hybridized carbons (Fsp3) is 0.286. The topological polar surface area (TPSA) is 80.1 Å². The van der Waals surface area contributed by atoms with Gasteiger partial charge >= 0.3 is 6.18 Å². The Kier molecular flexibility index (Phi) is 8.10. The molecule has 0 bridgehead atoms. The molecule has 4 aromatic rings. The molecule has 7 nitrogen and oxygen atoms in total. The second-order valence-electron chi connectivity index (χ2n) is 9.05. The van der Waals surface area contributed by atoms with E-state index in [4.69, 9.17) is 0 Å². The van der Waals surface area contributed by atoms with Crippen molar-refractivity contribution in [1.29, 1.82) is 0 Å². The average molecular weight is 602 g/mol. The highest BCUT2D eigenvalue weighted by molar-refractivity contribution is 9.10. The van der Waals surface area contributed by atoms with Gasteiger partial charge in [-0.05, 0) is 69.7 Å². The first-order valence-corrected chi connectivity index (χ1v) is 13.1. The summed E-state index contributed by atoms with van der Waals surface area (Å²) >= 11 is 3.31. The van der Waals surface area contributed by atoms with Crippen molar-refractivity contribution in [3.8, 4) is 0 Å². The van der Waals surface area contributed by atoms with Crippen LogP contribution in [0.3, 0.4) is 0 Å². The number of halogens is 4. The Morgan fingerprint density at radius 1 is 1.03 bits per heavy atom. The van der Waals surface area contributed by atoms with Gasteiger partial charge in [0.15, 0.2) is 0 Å². The van der Waals surface area contributed by atoms with E-state index in [0.29, 0.717) is 46.7 Å². The molecule has 2 aromatic carbocycles. The summed E-state index contributed by atoms with van der Waals surface area (Å²) in [6, 6.07) is 12.6. The van der Waals surface area contributed by atoms with Crippen LogP contribution in [0.15, 0.2) is 53.0 Å². The monoisotopic (exact) mass is 601 g/mol. The van der Waals surface area contributed by atoms with Crippen LogP contribution in [0.1, 0.15) is 57.2 Å². The Balaban J connectivity index is 1.60. The van der Waals surface area contributed by atoms with Crippen molar-refractivity contribution in [1.82, 2.24) is 19.7 Å². The number of nitrogens with one attached hydrogen (secondary N) is 1. The fourth-order valence-electron chi connectivity index (χ4n) is 4.36. The minimum atomic E-state index is -4.71. The first-order valence-electron chi connectivity index (χ1n) is 12.3. The van der Waals surface area contributed by atoms with Gasteiger partial charge in [0.25, 0.3) is 11.8 Å². The highest BCUT2D eigenvalue weighted by Crippen LogP contribution is 2.32. The molecule has 0 radical (unpaired) electrons. The van der Waals surface area contributed by atoms with Crippen molar-refractivity contribution in [2.45, 2.75) is 40.4 Å².